The predicted octanol–water partition coefficient (Wildman–Crippen LogP) is 4.79. The van der Waals surface area contributed by atoms with E-state index in [1.165, 1.54) is 38.9 Å². The van der Waals surface area contributed by atoms with Gasteiger partial charge in [0.1, 0.15) is 0 Å². The highest BCUT2D eigenvalue weighted by Crippen LogP contribution is 2.25. The van der Waals surface area contributed by atoms with Gasteiger partial charge in [-0.2, -0.15) is 0 Å². The second kappa shape index (κ2) is 13.1. The molecule has 0 aliphatic carbocycles. The van der Waals surface area contributed by atoms with Crippen molar-refractivity contribution in [1.29, 1.82) is 0 Å². The first-order valence-electron chi connectivity index (χ1n) is 10.6. The Morgan fingerprint density at radius 2 is 1.75 bits per heavy atom. The summed E-state index contributed by atoms with van der Waals surface area (Å²) in [5.74, 6) is 0.994. The number of β-amino-alcohol motifs (C(OH)–C–C–N with tert-alkyl or cyclic N) is 1. The van der Waals surface area contributed by atoms with Gasteiger partial charge in [0, 0.05) is 19.1 Å². The van der Waals surface area contributed by atoms with Crippen LogP contribution in [0, 0.1) is 5.92 Å². The molecule has 2 aliphatic rings. The molecule has 0 bridgehead atoms. The van der Waals surface area contributed by atoms with E-state index >= 15 is 0 Å². The minimum Gasteiger partial charge on any atom is -0.389 e. The molecule has 2 rings (SSSR count). The molecule has 1 N–H and O–H groups in total. The Hall–Kier alpha value is -0.120. The molecule has 3 heteroatoms. The molecule has 0 aromatic heterocycles. The number of hydrogen-bond donors (Lipinski definition) is 1. The molecule has 2 saturated heterocycles. The largest absolute Gasteiger partial charge is 0.389 e. The number of likely N-dealkylation sites (tertiary alicyclic amines) is 2. The van der Waals surface area contributed by atoms with Gasteiger partial charge in [0.2, 0.25) is 0 Å². The molecule has 24 heavy (non-hydrogen) atoms. The van der Waals surface area contributed by atoms with E-state index in [1.54, 1.807) is 0 Å². The summed E-state index contributed by atoms with van der Waals surface area (Å²) in [6.45, 7) is 21.0. The van der Waals surface area contributed by atoms with Gasteiger partial charge in [-0.25, -0.2) is 0 Å². The molecule has 2 heterocycles. The molecule has 0 aromatic carbocycles. The normalized spacial score (nSPS) is 28.6. The van der Waals surface area contributed by atoms with Crippen molar-refractivity contribution in [2.24, 2.45) is 5.92 Å². The van der Waals surface area contributed by atoms with Gasteiger partial charge in [0.05, 0.1) is 5.60 Å². The second-order valence-corrected chi connectivity index (χ2v) is 7.56. The van der Waals surface area contributed by atoms with Gasteiger partial charge in [-0.1, -0.05) is 41.0 Å². The molecular formula is C21H46N2O. The summed E-state index contributed by atoms with van der Waals surface area (Å²) >= 11 is 0. The van der Waals surface area contributed by atoms with Crippen LogP contribution < -0.4 is 0 Å². The van der Waals surface area contributed by atoms with Gasteiger partial charge >= 0.3 is 0 Å². The van der Waals surface area contributed by atoms with E-state index < -0.39 is 5.60 Å². The lowest BCUT2D eigenvalue weighted by atomic mass is 9.90. The highest BCUT2D eigenvalue weighted by Gasteiger charge is 2.32. The smallest absolute Gasteiger partial charge is 0.0772 e. The van der Waals surface area contributed by atoms with Crippen LogP contribution in [-0.2, 0) is 0 Å². The van der Waals surface area contributed by atoms with Crippen molar-refractivity contribution in [2.75, 3.05) is 32.7 Å². The first-order valence-corrected chi connectivity index (χ1v) is 10.6. The fourth-order valence-electron chi connectivity index (χ4n) is 3.65. The Balaban J connectivity index is 0.000000405. The Labute approximate surface area is 152 Å². The van der Waals surface area contributed by atoms with Gasteiger partial charge in [-0.15, -0.1) is 0 Å². The summed E-state index contributed by atoms with van der Waals surface area (Å²) in [7, 11) is 0. The molecule has 0 spiro atoms. The van der Waals surface area contributed by atoms with Gasteiger partial charge in [-0.3, -0.25) is 4.90 Å². The molecule has 2 unspecified atom stereocenters. The van der Waals surface area contributed by atoms with Crippen LogP contribution in [0.15, 0.2) is 0 Å². The summed E-state index contributed by atoms with van der Waals surface area (Å²) in [4.78, 5) is 4.94. The van der Waals surface area contributed by atoms with Crippen molar-refractivity contribution in [3.63, 3.8) is 0 Å². The van der Waals surface area contributed by atoms with Gasteiger partial charge in [0.25, 0.3) is 0 Å². The number of rotatable bonds is 4. The summed E-state index contributed by atoms with van der Waals surface area (Å²) in [5, 5.41) is 10.1. The zero-order valence-corrected chi connectivity index (χ0v) is 17.8. The molecule has 2 atom stereocenters. The first-order chi connectivity index (χ1) is 11.4. The van der Waals surface area contributed by atoms with Crippen LogP contribution in [0.1, 0.15) is 87.0 Å². The first kappa shape index (κ1) is 23.9. The van der Waals surface area contributed by atoms with Gasteiger partial charge < -0.3 is 10.0 Å². The Morgan fingerprint density at radius 1 is 1.08 bits per heavy atom. The zero-order valence-electron chi connectivity index (χ0n) is 17.8. The molecular weight excluding hydrogens is 296 g/mol. The molecule has 3 nitrogen and oxygen atoms in total. The van der Waals surface area contributed by atoms with Crippen LogP contribution >= 0.6 is 0 Å². The van der Waals surface area contributed by atoms with Gasteiger partial charge in [-0.05, 0) is 71.5 Å². The topological polar surface area (TPSA) is 26.7 Å². The third-order valence-corrected chi connectivity index (χ3v) is 5.60. The van der Waals surface area contributed by atoms with Gasteiger partial charge in [0.15, 0.2) is 0 Å². The molecule has 0 radical (unpaired) electrons. The quantitative estimate of drug-likeness (QED) is 0.796. The maximum atomic E-state index is 10.1. The van der Waals surface area contributed by atoms with Crippen LogP contribution in [0.25, 0.3) is 0 Å². The van der Waals surface area contributed by atoms with E-state index in [0.29, 0.717) is 6.04 Å². The van der Waals surface area contributed by atoms with E-state index in [4.69, 9.17) is 0 Å². The average molecular weight is 343 g/mol. The lowest BCUT2D eigenvalue weighted by Gasteiger charge is -2.40. The molecule has 0 aromatic rings. The third kappa shape index (κ3) is 8.82. The average Bonchev–Trinajstić information content (AvgIpc) is 2.64. The monoisotopic (exact) mass is 342 g/mol. The van der Waals surface area contributed by atoms with Crippen molar-refractivity contribution in [3.05, 3.63) is 0 Å². The van der Waals surface area contributed by atoms with Crippen LogP contribution in [0.4, 0.5) is 0 Å². The Morgan fingerprint density at radius 3 is 2.25 bits per heavy atom. The van der Waals surface area contributed by atoms with Crippen LogP contribution in [0.5, 0.6) is 0 Å². The summed E-state index contributed by atoms with van der Waals surface area (Å²) < 4.78 is 0. The summed E-state index contributed by atoms with van der Waals surface area (Å²) in [6.07, 6.45) is 7.27. The predicted molar refractivity (Wildman–Crippen MR) is 108 cm³/mol. The van der Waals surface area contributed by atoms with Crippen molar-refractivity contribution >= 4 is 0 Å². The van der Waals surface area contributed by atoms with Crippen LogP contribution in [-0.4, -0.2) is 59.3 Å². The van der Waals surface area contributed by atoms with Crippen LogP contribution in [0.2, 0.25) is 0 Å². The van der Waals surface area contributed by atoms with Crippen LogP contribution in [0.3, 0.4) is 0 Å². The molecule has 0 amide bonds. The maximum Gasteiger partial charge on any atom is 0.0772 e. The number of hydrogen-bond acceptors (Lipinski definition) is 3. The Bertz CT molecular complexity index is 286. The molecule has 146 valence electrons. The minimum atomic E-state index is -0.400. The number of piperidine rings is 2. The van der Waals surface area contributed by atoms with Crippen molar-refractivity contribution < 1.29 is 5.11 Å². The third-order valence-electron chi connectivity index (χ3n) is 5.60. The zero-order chi connectivity index (χ0) is 18.6. The fourth-order valence-corrected chi connectivity index (χ4v) is 3.65. The molecule has 0 saturated carbocycles. The minimum absolute atomic E-state index is 0.400. The summed E-state index contributed by atoms with van der Waals surface area (Å²) in [6, 6.07) is 0.573. The van der Waals surface area contributed by atoms with Crippen molar-refractivity contribution in [1.82, 2.24) is 9.80 Å². The van der Waals surface area contributed by atoms with E-state index in [2.05, 4.69) is 44.4 Å². The highest BCUT2D eigenvalue weighted by atomic mass is 16.3. The highest BCUT2D eigenvalue weighted by molar-refractivity contribution is 4.86. The van der Waals surface area contributed by atoms with Crippen molar-refractivity contribution in [2.45, 2.75) is 98.6 Å². The standard InChI is InChI=1S/C10H21NO.C9H19N.C2H6/c1-4-10(12)6-5-7-11(8-10)9(2)3;1-3-9-6-5-7-10(4-2)8-9;1-2/h9,12H,4-8H2,1-3H3;9H,3-8H2,1-2H3;1-2H3. The maximum absolute atomic E-state index is 10.1. The van der Waals surface area contributed by atoms with E-state index in [9.17, 15) is 5.11 Å². The molecule has 2 aliphatic heterocycles. The SMILES string of the molecule is CC.CCC1(O)CCCN(C(C)C)C1.CCC1CCCN(CC)C1. The second-order valence-electron chi connectivity index (χ2n) is 7.56. The van der Waals surface area contributed by atoms with E-state index in [0.717, 1.165) is 38.3 Å². The molecule has 2 fully saturated rings. The number of nitrogens with zero attached hydrogens (tertiary/aromatic N) is 2. The lowest BCUT2D eigenvalue weighted by molar-refractivity contribution is -0.0420. The van der Waals surface area contributed by atoms with E-state index in [1.807, 2.05) is 13.8 Å². The van der Waals surface area contributed by atoms with Crippen molar-refractivity contribution in [3.8, 4) is 0 Å². The fraction of sp³-hybridized carbons (Fsp3) is 1.00. The number of aliphatic hydroxyl groups is 1. The lowest BCUT2D eigenvalue weighted by Crippen LogP contribution is -2.50. The van der Waals surface area contributed by atoms with E-state index in [-0.39, 0.29) is 0 Å². The Kier molecular flexibility index (Phi) is 13.1. The summed E-state index contributed by atoms with van der Waals surface area (Å²) in [5.41, 5.74) is -0.400.